The van der Waals surface area contributed by atoms with Crippen LogP contribution in [0.15, 0.2) is 18.2 Å². The summed E-state index contributed by atoms with van der Waals surface area (Å²) in [5.41, 5.74) is -0.132. The van der Waals surface area contributed by atoms with Gasteiger partial charge in [-0.2, -0.15) is 5.26 Å². The van der Waals surface area contributed by atoms with E-state index in [9.17, 15) is 19.8 Å². The maximum atomic E-state index is 13.5. The predicted octanol–water partition coefficient (Wildman–Crippen LogP) is 3.61. The fraction of sp³-hybridized carbons (Fsp3) is 0.533. The Morgan fingerprint density at radius 2 is 2.25 bits per heavy atom. The summed E-state index contributed by atoms with van der Waals surface area (Å²) in [5, 5.41) is 20.4. The zero-order chi connectivity index (χ0) is 14.3. The second-order valence-corrected chi connectivity index (χ2v) is 6.10. The summed E-state index contributed by atoms with van der Waals surface area (Å²) in [5.74, 6) is 0.355. The van der Waals surface area contributed by atoms with Crippen molar-refractivity contribution in [2.75, 3.05) is 0 Å². The molecular formula is C15H15FN2O2. The molecule has 0 saturated heterocycles. The number of nitro groups is 1. The van der Waals surface area contributed by atoms with E-state index in [0.717, 1.165) is 25.3 Å². The summed E-state index contributed by atoms with van der Waals surface area (Å²) in [4.78, 5) is 10.2. The molecule has 0 N–H and O–H groups in total. The molecule has 3 rings (SSSR count). The normalized spacial score (nSPS) is 31.2. The van der Waals surface area contributed by atoms with Crippen LogP contribution >= 0.6 is 0 Å². The average Bonchev–Trinajstić information content (AvgIpc) is 2.98. The van der Waals surface area contributed by atoms with Crippen LogP contribution in [-0.2, 0) is 6.42 Å². The van der Waals surface area contributed by atoms with Gasteiger partial charge in [-0.1, -0.05) is 6.42 Å². The Balaban J connectivity index is 1.91. The van der Waals surface area contributed by atoms with Crippen molar-refractivity contribution < 1.29 is 9.31 Å². The van der Waals surface area contributed by atoms with E-state index < -0.39 is 16.2 Å². The van der Waals surface area contributed by atoms with Gasteiger partial charge in [0.25, 0.3) is 5.69 Å². The first kappa shape index (κ1) is 13.0. The third-order valence-corrected chi connectivity index (χ3v) is 4.87. The molecule has 5 heteroatoms. The highest BCUT2D eigenvalue weighted by Gasteiger charge is 2.51. The van der Waals surface area contributed by atoms with Gasteiger partial charge in [-0.15, -0.1) is 0 Å². The highest BCUT2D eigenvalue weighted by Crippen LogP contribution is 2.57. The summed E-state index contributed by atoms with van der Waals surface area (Å²) in [6.45, 7) is 0. The van der Waals surface area contributed by atoms with Gasteiger partial charge < -0.3 is 0 Å². The Labute approximate surface area is 116 Å². The van der Waals surface area contributed by atoms with Gasteiger partial charge in [0.05, 0.1) is 22.5 Å². The SMILES string of the molecule is N#CC1(Cc2cc(F)cc([N+](=O)[O-])c2)CC2CCC1C2. The fourth-order valence-electron chi connectivity index (χ4n) is 4.04. The number of non-ortho nitro benzene ring substituents is 1. The van der Waals surface area contributed by atoms with Gasteiger partial charge in [0, 0.05) is 6.07 Å². The number of nitriles is 1. The zero-order valence-corrected chi connectivity index (χ0v) is 11.0. The molecule has 2 aliphatic rings. The van der Waals surface area contributed by atoms with E-state index in [2.05, 4.69) is 6.07 Å². The van der Waals surface area contributed by atoms with Crippen LogP contribution in [0.25, 0.3) is 0 Å². The van der Waals surface area contributed by atoms with E-state index in [0.29, 0.717) is 23.8 Å². The summed E-state index contributed by atoms with van der Waals surface area (Å²) in [6, 6.07) is 6.07. The average molecular weight is 274 g/mol. The van der Waals surface area contributed by atoms with Crippen LogP contribution < -0.4 is 0 Å². The molecular weight excluding hydrogens is 259 g/mol. The molecule has 104 valence electrons. The third kappa shape index (κ3) is 2.05. The molecule has 2 aliphatic carbocycles. The molecule has 0 amide bonds. The fourth-order valence-corrected chi connectivity index (χ4v) is 4.04. The number of halogens is 1. The Morgan fingerprint density at radius 3 is 2.80 bits per heavy atom. The number of nitro benzene ring substituents is 1. The molecule has 2 fully saturated rings. The van der Waals surface area contributed by atoms with Crippen LogP contribution in [0.1, 0.15) is 31.2 Å². The lowest BCUT2D eigenvalue weighted by Crippen LogP contribution is -2.28. The number of hydrogen-bond donors (Lipinski definition) is 0. The van der Waals surface area contributed by atoms with Crippen molar-refractivity contribution in [1.29, 1.82) is 5.26 Å². The standard InChI is InChI=1S/C15H15FN2O2/c16-13-4-11(5-14(6-13)18(19)20)8-15(9-17)7-10-1-2-12(15)3-10/h4-6,10,12H,1-3,7-8H2. The van der Waals surface area contributed by atoms with Crippen LogP contribution in [0.2, 0.25) is 0 Å². The minimum atomic E-state index is -0.606. The summed E-state index contributed by atoms with van der Waals surface area (Å²) >= 11 is 0. The lowest BCUT2D eigenvalue weighted by atomic mass is 9.70. The molecule has 1 aromatic carbocycles. The van der Waals surface area contributed by atoms with Gasteiger partial charge in [-0.3, -0.25) is 10.1 Å². The minimum absolute atomic E-state index is 0.240. The van der Waals surface area contributed by atoms with Crippen molar-refractivity contribution in [1.82, 2.24) is 0 Å². The quantitative estimate of drug-likeness (QED) is 0.624. The van der Waals surface area contributed by atoms with Crippen LogP contribution in [0.3, 0.4) is 0 Å². The van der Waals surface area contributed by atoms with E-state index in [1.807, 2.05) is 0 Å². The molecule has 2 bridgehead atoms. The lowest BCUT2D eigenvalue weighted by molar-refractivity contribution is -0.385. The molecule has 3 unspecified atom stereocenters. The molecule has 0 aromatic heterocycles. The maximum absolute atomic E-state index is 13.5. The molecule has 0 radical (unpaired) electrons. The summed E-state index contributed by atoms with van der Waals surface area (Å²) in [7, 11) is 0. The number of nitrogens with zero attached hydrogens (tertiary/aromatic N) is 2. The van der Waals surface area contributed by atoms with Crippen molar-refractivity contribution in [3.8, 4) is 6.07 Å². The Kier molecular flexibility index (Phi) is 2.97. The predicted molar refractivity (Wildman–Crippen MR) is 70.3 cm³/mol. The Hall–Kier alpha value is -1.96. The summed E-state index contributed by atoms with van der Waals surface area (Å²) in [6.07, 6.45) is 4.57. The van der Waals surface area contributed by atoms with Crippen LogP contribution in [0.4, 0.5) is 10.1 Å². The third-order valence-electron chi connectivity index (χ3n) is 4.87. The second-order valence-electron chi connectivity index (χ2n) is 6.10. The molecule has 20 heavy (non-hydrogen) atoms. The van der Waals surface area contributed by atoms with Gasteiger partial charge in [0.15, 0.2) is 0 Å². The van der Waals surface area contributed by atoms with Gasteiger partial charge >= 0.3 is 0 Å². The molecule has 1 aromatic rings. The second kappa shape index (κ2) is 4.55. The van der Waals surface area contributed by atoms with Gasteiger partial charge in [-0.05, 0) is 49.1 Å². The monoisotopic (exact) mass is 274 g/mol. The van der Waals surface area contributed by atoms with Crippen LogP contribution in [-0.4, -0.2) is 4.92 Å². The minimum Gasteiger partial charge on any atom is -0.258 e. The largest absolute Gasteiger partial charge is 0.272 e. The summed E-state index contributed by atoms with van der Waals surface area (Å²) < 4.78 is 13.5. The molecule has 3 atom stereocenters. The molecule has 0 aliphatic heterocycles. The molecule has 0 spiro atoms. The number of rotatable bonds is 3. The maximum Gasteiger partial charge on any atom is 0.272 e. The van der Waals surface area contributed by atoms with Gasteiger partial charge in [0.1, 0.15) is 5.82 Å². The smallest absolute Gasteiger partial charge is 0.258 e. The first-order valence-electron chi connectivity index (χ1n) is 6.87. The van der Waals surface area contributed by atoms with E-state index in [1.165, 1.54) is 18.6 Å². The topological polar surface area (TPSA) is 66.9 Å². The lowest BCUT2D eigenvalue weighted by Gasteiger charge is -2.31. The van der Waals surface area contributed by atoms with Crippen molar-refractivity contribution in [2.24, 2.45) is 17.3 Å². The van der Waals surface area contributed by atoms with E-state index >= 15 is 0 Å². The highest BCUT2D eigenvalue weighted by molar-refractivity contribution is 5.36. The van der Waals surface area contributed by atoms with Crippen molar-refractivity contribution >= 4 is 5.69 Å². The van der Waals surface area contributed by atoms with Crippen molar-refractivity contribution in [3.63, 3.8) is 0 Å². The molecule has 2 saturated carbocycles. The van der Waals surface area contributed by atoms with Crippen LogP contribution in [0.5, 0.6) is 0 Å². The number of benzene rings is 1. The highest BCUT2D eigenvalue weighted by atomic mass is 19.1. The Bertz CT molecular complexity index is 610. The van der Waals surface area contributed by atoms with E-state index in [1.54, 1.807) is 0 Å². The van der Waals surface area contributed by atoms with E-state index in [-0.39, 0.29) is 5.69 Å². The van der Waals surface area contributed by atoms with Crippen LogP contribution in [0, 0.1) is 44.5 Å². The zero-order valence-electron chi connectivity index (χ0n) is 11.0. The number of fused-ring (bicyclic) bond motifs is 2. The van der Waals surface area contributed by atoms with E-state index in [4.69, 9.17) is 0 Å². The number of hydrogen-bond acceptors (Lipinski definition) is 3. The van der Waals surface area contributed by atoms with Crippen molar-refractivity contribution in [3.05, 3.63) is 39.7 Å². The Morgan fingerprint density at radius 1 is 1.45 bits per heavy atom. The van der Waals surface area contributed by atoms with Gasteiger partial charge in [0.2, 0.25) is 0 Å². The molecule has 0 heterocycles. The first-order valence-corrected chi connectivity index (χ1v) is 6.87. The molecule has 4 nitrogen and oxygen atoms in total. The van der Waals surface area contributed by atoms with Crippen molar-refractivity contribution in [2.45, 2.75) is 32.1 Å². The first-order chi connectivity index (χ1) is 9.52. The van der Waals surface area contributed by atoms with Gasteiger partial charge in [-0.25, -0.2) is 4.39 Å².